The van der Waals surface area contributed by atoms with Crippen molar-refractivity contribution in [3.63, 3.8) is 0 Å². The molecule has 0 bridgehead atoms. The number of rotatable bonds is 5. The van der Waals surface area contributed by atoms with Gasteiger partial charge in [0.15, 0.2) is 0 Å². The molecule has 0 aliphatic heterocycles. The number of methoxy groups -OCH3 is 1. The van der Waals surface area contributed by atoms with E-state index >= 15 is 0 Å². The van der Waals surface area contributed by atoms with Crippen molar-refractivity contribution >= 4 is 27.3 Å². The zero-order valence-electron chi connectivity index (χ0n) is 12.0. The van der Waals surface area contributed by atoms with Crippen molar-refractivity contribution in [1.29, 1.82) is 0 Å². The summed E-state index contributed by atoms with van der Waals surface area (Å²) < 4.78 is 6.48. The molecule has 3 nitrogen and oxygen atoms in total. The highest BCUT2D eigenvalue weighted by molar-refractivity contribution is 9.10. The lowest BCUT2D eigenvalue weighted by molar-refractivity contribution is 0.409. The second-order valence-corrected chi connectivity index (χ2v) is 5.52. The van der Waals surface area contributed by atoms with Crippen molar-refractivity contribution < 1.29 is 4.74 Å². The zero-order chi connectivity index (χ0) is 14.5. The smallest absolute Gasteiger partial charge is 0.123 e. The van der Waals surface area contributed by atoms with E-state index in [2.05, 4.69) is 63.5 Å². The number of halogens is 1. The molecular formula is C16H19BrN2O. The van der Waals surface area contributed by atoms with Crippen molar-refractivity contribution in [2.45, 2.75) is 6.54 Å². The normalized spacial score (nSPS) is 10.2. The molecule has 0 fully saturated rings. The minimum absolute atomic E-state index is 0.793. The molecule has 0 aromatic heterocycles. The first-order valence-electron chi connectivity index (χ1n) is 6.45. The Labute approximate surface area is 128 Å². The largest absolute Gasteiger partial charge is 0.496 e. The van der Waals surface area contributed by atoms with E-state index in [1.807, 2.05) is 19.2 Å². The van der Waals surface area contributed by atoms with Crippen LogP contribution < -0.4 is 15.0 Å². The number of anilines is 2. The van der Waals surface area contributed by atoms with Crippen molar-refractivity contribution in [2.24, 2.45) is 0 Å². The molecule has 4 heteroatoms. The molecular weight excluding hydrogens is 316 g/mol. The number of hydrogen-bond donors (Lipinski definition) is 1. The Balaban J connectivity index is 2.17. The summed E-state index contributed by atoms with van der Waals surface area (Å²) in [6, 6.07) is 14.4. The van der Waals surface area contributed by atoms with Crippen LogP contribution in [0.2, 0.25) is 0 Å². The van der Waals surface area contributed by atoms with Crippen molar-refractivity contribution in [1.82, 2.24) is 0 Å². The highest BCUT2D eigenvalue weighted by Gasteiger charge is 2.08. The third-order valence-electron chi connectivity index (χ3n) is 3.25. The van der Waals surface area contributed by atoms with Crippen LogP contribution in [-0.2, 0) is 6.54 Å². The Morgan fingerprint density at radius 1 is 1.15 bits per heavy atom. The fourth-order valence-electron chi connectivity index (χ4n) is 2.10. The van der Waals surface area contributed by atoms with Crippen molar-refractivity contribution in [3.8, 4) is 5.75 Å². The number of nitrogens with one attached hydrogen (secondary N) is 1. The van der Waals surface area contributed by atoms with Crippen LogP contribution in [-0.4, -0.2) is 21.2 Å². The molecule has 20 heavy (non-hydrogen) atoms. The molecule has 0 radical (unpaired) electrons. The molecule has 0 spiro atoms. The Kier molecular flexibility index (Phi) is 4.90. The fraction of sp³-hybridized carbons (Fsp3) is 0.250. The average molecular weight is 335 g/mol. The van der Waals surface area contributed by atoms with Crippen LogP contribution >= 0.6 is 15.9 Å². The van der Waals surface area contributed by atoms with E-state index in [9.17, 15) is 0 Å². The monoisotopic (exact) mass is 334 g/mol. The van der Waals surface area contributed by atoms with Gasteiger partial charge in [-0.25, -0.2) is 0 Å². The van der Waals surface area contributed by atoms with Gasteiger partial charge in [-0.2, -0.15) is 0 Å². The summed E-state index contributed by atoms with van der Waals surface area (Å²) in [4.78, 5) is 2.20. The molecule has 1 N–H and O–H groups in total. The zero-order valence-corrected chi connectivity index (χ0v) is 13.6. The van der Waals surface area contributed by atoms with E-state index in [-0.39, 0.29) is 0 Å². The highest BCUT2D eigenvalue weighted by Crippen LogP contribution is 2.26. The molecule has 2 aromatic rings. The highest BCUT2D eigenvalue weighted by atomic mass is 79.9. The molecule has 0 unspecified atom stereocenters. The molecule has 106 valence electrons. The predicted molar refractivity (Wildman–Crippen MR) is 88.8 cm³/mol. The van der Waals surface area contributed by atoms with E-state index in [4.69, 9.17) is 4.74 Å². The number of nitrogens with zero attached hydrogens (tertiary/aromatic N) is 1. The van der Waals surface area contributed by atoms with Crippen LogP contribution in [0.15, 0.2) is 46.9 Å². The molecule has 0 amide bonds. The van der Waals surface area contributed by atoms with Gasteiger partial charge < -0.3 is 15.0 Å². The Bertz CT molecular complexity index is 569. The molecule has 0 aliphatic carbocycles. The maximum Gasteiger partial charge on any atom is 0.123 e. The van der Waals surface area contributed by atoms with Gasteiger partial charge in [-0.1, -0.05) is 15.9 Å². The lowest BCUT2D eigenvalue weighted by Crippen LogP contribution is -2.16. The lowest BCUT2D eigenvalue weighted by Gasteiger charge is -2.21. The minimum atomic E-state index is 0.793. The third-order valence-corrected chi connectivity index (χ3v) is 3.74. The first-order chi connectivity index (χ1) is 9.63. The van der Waals surface area contributed by atoms with Gasteiger partial charge in [-0.15, -0.1) is 0 Å². The molecule has 2 aromatic carbocycles. The summed E-state index contributed by atoms with van der Waals surface area (Å²) >= 11 is 3.51. The van der Waals surface area contributed by atoms with E-state index in [1.165, 1.54) is 5.69 Å². The van der Waals surface area contributed by atoms with Gasteiger partial charge in [0.1, 0.15) is 5.75 Å². The lowest BCUT2D eigenvalue weighted by atomic mass is 10.1. The van der Waals surface area contributed by atoms with Crippen LogP contribution in [0.3, 0.4) is 0 Å². The third kappa shape index (κ3) is 3.45. The maximum absolute atomic E-state index is 5.42. The van der Waals surface area contributed by atoms with E-state index < -0.39 is 0 Å². The van der Waals surface area contributed by atoms with Gasteiger partial charge in [0.05, 0.1) is 7.11 Å². The Morgan fingerprint density at radius 2 is 1.85 bits per heavy atom. The number of benzene rings is 2. The summed E-state index contributed by atoms with van der Waals surface area (Å²) in [7, 11) is 5.70. The number of hydrogen-bond acceptors (Lipinski definition) is 3. The minimum Gasteiger partial charge on any atom is -0.496 e. The fourth-order valence-corrected chi connectivity index (χ4v) is 2.51. The molecule has 0 saturated heterocycles. The van der Waals surface area contributed by atoms with Gasteiger partial charge in [-0.05, 0) is 42.5 Å². The van der Waals surface area contributed by atoms with Gasteiger partial charge in [0, 0.05) is 42.1 Å². The van der Waals surface area contributed by atoms with Gasteiger partial charge >= 0.3 is 0 Å². The Hall–Kier alpha value is -1.68. The van der Waals surface area contributed by atoms with Crippen LogP contribution in [0, 0.1) is 0 Å². The second kappa shape index (κ2) is 6.66. The van der Waals surface area contributed by atoms with Crippen LogP contribution in [0.5, 0.6) is 5.75 Å². The van der Waals surface area contributed by atoms with E-state index in [0.29, 0.717) is 0 Å². The van der Waals surface area contributed by atoms with Crippen molar-refractivity contribution in [3.05, 3.63) is 52.5 Å². The molecule has 0 aliphatic rings. The second-order valence-electron chi connectivity index (χ2n) is 4.61. The number of ether oxygens (including phenoxy) is 1. The summed E-state index contributed by atoms with van der Waals surface area (Å²) in [5.41, 5.74) is 3.44. The van der Waals surface area contributed by atoms with Gasteiger partial charge in [0.25, 0.3) is 0 Å². The quantitative estimate of drug-likeness (QED) is 0.889. The Morgan fingerprint density at radius 3 is 2.45 bits per heavy atom. The van der Waals surface area contributed by atoms with E-state index in [1.54, 1.807) is 7.11 Å². The van der Waals surface area contributed by atoms with Crippen LogP contribution in [0.4, 0.5) is 11.4 Å². The summed E-state index contributed by atoms with van der Waals surface area (Å²) in [5.74, 6) is 0.909. The molecule has 0 atom stereocenters. The van der Waals surface area contributed by atoms with Crippen LogP contribution in [0.1, 0.15) is 5.56 Å². The summed E-state index contributed by atoms with van der Waals surface area (Å²) in [6.07, 6.45) is 0. The van der Waals surface area contributed by atoms with E-state index in [0.717, 1.165) is 28.0 Å². The molecule has 2 rings (SSSR count). The van der Waals surface area contributed by atoms with Crippen molar-refractivity contribution in [2.75, 3.05) is 31.4 Å². The summed E-state index contributed by atoms with van der Waals surface area (Å²) in [6.45, 7) is 0.793. The maximum atomic E-state index is 5.42. The predicted octanol–water partition coefficient (Wildman–Crippen LogP) is 4.14. The standard InChI is InChI=1S/C16H19BrN2O/c1-18-14-5-7-15(8-6-14)19(2)11-12-10-13(17)4-9-16(12)20-3/h4-10,18H,11H2,1-3H3. The average Bonchev–Trinajstić information content (AvgIpc) is 2.47. The topological polar surface area (TPSA) is 24.5 Å². The first-order valence-corrected chi connectivity index (χ1v) is 7.24. The van der Waals surface area contributed by atoms with Gasteiger partial charge in [0.2, 0.25) is 0 Å². The van der Waals surface area contributed by atoms with Gasteiger partial charge in [-0.3, -0.25) is 0 Å². The molecule has 0 saturated carbocycles. The first kappa shape index (κ1) is 14.7. The molecule has 0 heterocycles. The summed E-state index contributed by atoms with van der Waals surface area (Å²) in [5, 5.41) is 3.12. The van der Waals surface area contributed by atoms with Crippen LogP contribution in [0.25, 0.3) is 0 Å². The SMILES string of the molecule is CNc1ccc(N(C)Cc2cc(Br)ccc2OC)cc1.